The first-order chi connectivity index (χ1) is 12.2. The largest absolute Gasteiger partial charge is 0.348 e. The van der Waals surface area contributed by atoms with E-state index < -0.39 is 0 Å². The summed E-state index contributed by atoms with van der Waals surface area (Å²) in [4.78, 5) is 26.9. The van der Waals surface area contributed by atoms with Crippen molar-refractivity contribution in [2.45, 2.75) is 12.5 Å². The minimum Gasteiger partial charge on any atom is -0.348 e. The first-order valence-electron chi connectivity index (χ1n) is 7.66. The van der Waals surface area contributed by atoms with E-state index in [4.69, 9.17) is 10.2 Å². The number of allylic oxidation sites excluding steroid dienone is 1. The van der Waals surface area contributed by atoms with E-state index in [9.17, 15) is 4.79 Å². The van der Waals surface area contributed by atoms with Gasteiger partial charge in [0.25, 0.3) is 5.91 Å². The number of carbonyl (C=O) groups is 1. The molecule has 0 aliphatic carbocycles. The third-order valence-corrected chi connectivity index (χ3v) is 5.56. The molecular formula is C17H13N5OS2. The van der Waals surface area contributed by atoms with E-state index >= 15 is 0 Å². The van der Waals surface area contributed by atoms with Crippen molar-refractivity contribution in [2.75, 3.05) is 6.54 Å². The Bertz CT molecular complexity index is 996. The number of hydrogen-bond donors (Lipinski definition) is 2. The molecule has 1 aliphatic rings. The van der Waals surface area contributed by atoms with Crippen LogP contribution in [0.15, 0.2) is 41.6 Å². The third kappa shape index (κ3) is 2.71. The number of aromatic amines is 1. The van der Waals surface area contributed by atoms with Crippen molar-refractivity contribution in [2.24, 2.45) is 0 Å². The van der Waals surface area contributed by atoms with Crippen LogP contribution in [0.1, 0.15) is 22.4 Å². The monoisotopic (exact) mass is 367 g/mol. The molecule has 0 saturated carbocycles. The molecule has 0 bridgehead atoms. The molecular weight excluding hydrogens is 354 g/mol. The van der Waals surface area contributed by atoms with Crippen molar-refractivity contribution in [3.05, 3.63) is 58.0 Å². The fraction of sp³-hybridized carbons (Fsp3) is 0.176. The number of amides is 1. The van der Waals surface area contributed by atoms with Crippen molar-refractivity contribution in [1.29, 1.82) is 5.26 Å². The predicted molar refractivity (Wildman–Crippen MR) is 98.1 cm³/mol. The quantitative estimate of drug-likeness (QED) is 0.414. The lowest BCUT2D eigenvalue weighted by atomic mass is 10.0. The molecule has 1 N–H and O–H groups in total. The summed E-state index contributed by atoms with van der Waals surface area (Å²) >= 11 is 5.72. The van der Waals surface area contributed by atoms with Gasteiger partial charge in [-0.25, -0.2) is 9.97 Å². The number of H-pyrrole nitrogens is 1. The highest BCUT2D eigenvalue weighted by Gasteiger charge is 2.36. The summed E-state index contributed by atoms with van der Waals surface area (Å²) in [7, 11) is 0. The fourth-order valence-electron chi connectivity index (χ4n) is 3.02. The lowest BCUT2D eigenvalue weighted by Crippen LogP contribution is -2.40. The number of aromatic nitrogens is 3. The SMILES string of the molecule is N#C/C=C(\S)C(=O)N1CCc2[nH]cnc2C1c1nc2ccccc2s1. The summed E-state index contributed by atoms with van der Waals surface area (Å²) < 4.78 is 1.06. The first-order valence-corrected chi connectivity index (χ1v) is 8.92. The second-order valence-corrected chi connectivity index (χ2v) is 7.14. The van der Waals surface area contributed by atoms with Crippen molar-refractivity contribution in [3.8, 4) is 6.07 Å². The van der Waals surface area contributed by atoms with Gasteiger partial charge in [-0.1, -0.05) is 12.1 Å². The molecule has 1 amide bonds. The van der Waals surface area contributed by atoms with Gasteiger partial charge in [-0.15, -0.1) is 24.0 Å². The van der Waals surface area contributed by atoms with E-state index in [2.05, 4.69) is 22.6 Å². The van der Waals surface area contributed by atoms with Gasteiger partial charge in [0.05, 0.1) is 33.2 Å². The molecule has 1 aromatic carbocycles. The van der Waals surface area contributed by atoms with Crippen LogP contribution in [0, 0.1) is 11.3 Å². The zero-order valence-corrected chi connectivity index (χ0v) is 14.7. The summed E-state index contributed by atoms with van der Waals surface area (Å²) in [6.45, 7) is 0.512. The van der Waals surface area contributed by atoms with E-state index in [-0.39, 0.29) is 16.9 Å². The molecule has 1 aliphatic heterocycles. The Kier molecular flexibility index (Phi) is 4.03. The highest BCUT2D eigenvalue weighted by molar-refractivity contribution is 7.85. The number of fused-ring (bicyclic) bond motifs is 2. The van der Waals surface area contributed by atoms with Gasteiger partial charge in [0.1, 0.15) is 11.0 Å². The summed E-state index contributed by atoms with van der Waals surface area (Å²) in [6, 6.07) is 9.35. The number of rotatable bonds is 2. The van der Waals surface area contributed by atoms with Gasteiger partial charge in [-0.3, -0.25) is 4.79 Å². The van der Waals surface area contributed by atoms with Gasteiger partial charge in [-0.05, 0) is 12.1 Å². The molecule has 0 fully saturated rings. The maximum atomic E-state index is 12.8. The zero-order chi connectivity index (χ0) is 17.4. The number of imidazole rings is 1. The smallest absolute Gasteiger partial charge is 0.261 e. The number of nitrogens with zero attached hydrogens (tertiary/aromatic N) is 4. The molecule has 25 heavy (non-hydrogen) atoms. The van der Waals surface area contributed by atoms with E-state index in [1.54, 1.807) is 22.6 Å². The van der Waals surface area contributed by atoms with Crippen LogP contribution in [0.4, 0.5) is 0 Å². The predicted octanol–water partition coefficient (Wildman–Crippen LogP) is 2.83. The number of para-hydroxylation sites is 1. The van der Waals surface area contributed by atoms with Gasteiger partial charge in [0.15, 0.2) is 0 Å². The van der Waals surface area contributed by atoms with Crippen LogP contribution in [0.2, 0.25) is 0 Å². The second-order valence-electron chi connectivity index (χ2n) is 5.60. The van der Waals surface area contributed by atoms with Crippen molar-refractivity contribution in [3.63, 3.8) is 0 Å². The Morgan fingerprint density at radius 1 is 1.48 bits per heavy atom. The van der Waals surface area contributed by atoms with Gasteiger partial charge < -0.3 is 9.88 Å². The van der Waals surface area contributed by atoms with E-state index in [0.717, 1.165) is 32.7 Å². The highest BCUT2D eigenvalue weighted by Crippen LogP contribution is 2.38. The molecule has 0 spiro atoms. The molecule has 4 rings (SSSR count). The highest BCUT2D eigenvalue weighted by atomic mass is 32.1. The van der Waals surface area contributed by atoms with Gasteiger partial charge >= 0.3 is 0 Å². The van der Waals surface area contributed by atoms with Crippen LogP contribution in [-0.4, -0.2) is 32.3 Å². The number of nitrogens with one attached hydrogen (secondary N) is 1. The molecule has 3 heterocycles. The van der Waals surface area contributed by atoms with E-state index in [0.29, 0.717) is 13.0 Å². The maximum absolute atomic E-state index is 12.8. The average molecular weight is 367 g/mol. The molecule has 0 saturated heterocycles. The van der Waals surface area contributed by atoms with Gasteiger partial charge in [0, 0.05) is 24.7 Å². The summed E-state index contributed by atoms with van der Waals surface area (Å²) in [5.74, 6) is -0.289. The Hall–Kier alpha value is -2.63. The summed E-state index contributed by atoms with van der Waals surface area (Å²) in [5.41, 5.74) is 2.71. The van der Waals surface area contributed by atoms with Crippen LogP contribution in [0.5, 0.6) is 0 Å². The van der Waals surface area contributed by atoms with Gasteiger partial charge in [-0.2, -0.15) is 5.26 Å². The Labute approximate surface area is 153 Å². The minimum atomic E-state index is -0.380. The van der Waals surface area contributed by atoms with E-state index in [1.165, 1.54) is 0 Å². The van der Waals surface area contributed by atoms with Crippen molar-refractivity contribution < 1.29 is 4.79 Å². The number of benzene rings is 1. The van der Waals surface area contributed by atoms with Crippen molar-refractivity contribution in [1.82, 2.24) is 19.9 Å². The number of thiazole rings is 1. The Morgan fingerprint density at radius 3 is 3.12 bits per heavy atom. The molecule has 8 heteroatoms. The number of nitriles is 1. The molecule has 0 radical (unpaired) electrons. The number of thiol groups is 1. The molecule has 3 aromatic rings. The van der Waals surface area contributed by atoms with Crippen molar-refractivity contribution >= 4 is 40.1 Å². The average Bonchev–Trinajstić information content (AvgIpc) is 3.26. The number of carbonyl (C=O) groups excluding carboxylic acids is 1. The van der Waals surface area contributed by atoms with Crippen LogP contribution < -0.4 is 0 Å². The summed E-state index contributed by atoms with van der Waals surface area (Å²) in [6.07, 6.45) is 3.47. The van der Waals surface area contributed by atoms with Crippen LogP contribution in [-0.2, 0) is 11.2 Å². The lowest BCUT2D eigenvalue weighted by Gasteiger charge is -2.33. The lowest BCUT2D eigenvalue weighted by molar-refractivity contribution is -0.128. The standard InChI is InChI=1S/C17H13N5OS2/c18-7-5-12(24)17(23)22-8-6-11-14(20-9-19-11)15(22)16-21-10-3-1-2-4-13(10)25-16/h1-5,9,15,24H,6,8H2,(H,19,20)/b12-5-. The second kappa shape index (κ2) is 6.35. The molecule has 6 nitrogen and oxygen atoms in total. The minimum absolute atomic E-state index is 0.118. The molecule has 1 atom stereocenters. The molecule has 124 valence electrons. The zero-order valence-electron chi connectivity index (χ0n) is 13.0. The van der Waals surface area contributed by atoms with Gasteiger partial charge in [0.2, 0.25) is 0 Å². The molecule has 2 aromatic heterocycles. The number of hydrogen-bond acceptors (Lipinski definition) is 6. The van der Waals surface area contributed by atoms with Crippen LogP contribution in [0.25, 0.3) is 10.2 Å². The van der Waals surface area contributed by atoms with E-state index in [1.807, 2.05) is 30.3 Å². The summed E-state index contributed by atoms with van der Waals surface area (Å²) in [5, 5.41) is 9.62. The van der Waals surface area contributed by atoms with Crippen LogP contribution >= 0.6 is 24.0 Å². The normalized spacial score (nSPS) is 17.4. The van der Waals surface area contributed by atoms with Crippen LogP contribution in [0.3, 0.4) is 0 Å². The third-order valence-electron chi connectivity index (χ3n) is 4.15. The fourth-order valence-corrected chi connectivity index (χ4v) is 4.29. The Balaban J connectivity index is 1.83. The molecule has 1 unspecified atom stereocenters. The maximum Gasteiger partial charge on any atom is 0.261 e. The Morgan fingerprint density at radius 2 is 2.32 bits per heavy atom. The topological polar surface area (TPSA) is 85.7 Å². The first kappa shape index (κ1) is 15.9.